The lowest BCUT2D eigenvalue weighted by Crippen LogP contribution is -2.20. The molecule has 0 bridgehead atoms. The number of rotatable bonds is 6. The van der Waals surface area contributed by atoms with E-state index in [-0.39, 0.29) is 5.82 Å². The number of nitrogens with zero attached hydrogens (tertiary/aromatic N) is 4. The van der Waals surface area contributed by atoms with Crippen molar-refractivity contribution in [1.29, 1.82) is 0 Å². The van der Waals surface area contributed by atoms with Crippen LogP contribution in [-0.4, -0.2) is 24.7 Å². The smallest absolute Gasteiger partial charge is 0.176 e. The second-order valence-corrected chi connectivity index (χ2v) is 8.81. The summed E-state index contributed by atoms with van der Waals surface area (Å²) in [5, 5.41) is 16.8. The summed E-state index contributed by atoms with van der Waals surface area (Å²) >= 11 is 17.8. The SMILES string of the molecule is Cc1nn(Cc2ccc(F)cc2)c(C)c1NC(=S)Nc1nn(Cc2ccc(Cl)cc2)cc1Cl. The van der Waals surface area contributed by atoms with Gasteiger partial charge >= 0.3 is 0 Å². The number of aryl methyl sites for hydroxylation is 1. The molecule has 2 N–H and O–H groups in total. The minimum absolute atomic E-state index is 0.264. The fraction of sp³-hybridized carbons (Fsp3) is 0.174. The standard InChI is InChI=1S/C23H21Cl2FN6S/c1-14-21(15(2)32(29-14)12-17-5-9-19(26)10-6-17)27-23(33)28-22-20(25)13-31(30-22)11-16-3-7-18(24)8-4-16/h3-10,13H,11-12H2,1-2H3,(H2,27,28,30,33). The Morgan fingerprint density at radius 2 is 1.58 bits per heavy atom. The van der Waals surface area contributed by atoms with Gasteiger partial charge < -0.3 is 10.6 Å². The molecule has 2 aromatic carbocycles. The van der Waals surface area contributed by atoms with E-state index in [2.05, 4.69) is 20.8 Å². The lowest BCUT2D eigenvalue weighted by molar-refractivity contribution is 0.622. The molecule has 0 radical (unpaired) electrons. The maximum atomic E-state index is 13.2. The molecule has 0 aliphatic heterocycles. The molecule has 4 rings (SSSR count). The van der Waals surface area contributed by atoms with Crippen molar-refractivity contribution in [3.05, 3.63) is 93.1 Å². The zero-order valence-electron chi connectivity index (χ0n) is 17.9. The summed E-state index contributed by atoms with van der Waals surface area (Å²) in [4.78, 5) is 0. The molecule has 170 valence electrons. The van der Waals surface area contributed by atoms with E-state index in [0.29, 0.717) is 34.1 Å². The van der Waals surface area contributed by atoms with Gasteiger partial charge in [0.05, 0.1) is 30.2 Å². The molecule has 0 fully saturated rings. The average molecular weight is 503 g/mol. The van der Waals surface area contributed by atoms with Crippen LogP contribution in [0.3, 0.4) is 0 Å². The number of aromatic nitrogens is 4. The van der Waals surface area contributed by atoms with E-state index in [0.717, 1.165) is 28.2 Å². The Balaban J connectivity index is 1.42. The molecule has 0 saturated heterocycles. The van der Waals surface area contributed by atoms with Crippen molar-refractivity contribution in [2.24, 2.45) is 0 Å². The number of anilines is 2. The van der Waals surface area contributed by atoms with E-state index in [1.165, 1.54) is 12.1 Å². The maximum Gasteiger partial charge on any atom is 0.176 e. The number of halogens is 3. The summed E-state index contributed by atoms with van der Waals surface area (Å²) in [6, 6.07) is 13.9. The molecular formula is C23H21Cl2FN6S. The first-order valence-corrected chi connectivity index (χ1v) is 11.3. The minimum atomic E-state index is -0.264. The molecule has 0 atom stereocenters. The lowest BCUT2D eigenvalue weighted by Gasteiger charge is -2.10. The molecular weight excluding hydrogens is 482 g/mol. The van der Waals surface area contributed by atoms with E-state index in [1.54, 1.807) is 23.0 Å². The first-order valence-electron chi connectivity index (χ1n) is 10.1. The quantitative estimate of drug-likeness (QED) is 0.314. The molecule has 33 heavy (non-hydrogen) atoms. The van der Waals surface area contributed by atoms with E-state index >= 15 is 0 Å². The highest BCUT2D eigenvalue weighted by Crippen LogP contribution is 2.23. The topological polar surface area (TPSA) is 59.7 Å². The molecule has 2 aromatic heterocycles. The van der Waals surface area contributed by atoms with Crippen LogP contribution in [0.15, 0.2) is 54.7 Å². The van der Waals surface area contributed by atoms with Crippen molar-refractivity contribution >= 4 is 52.0 Å². The van der Waals surface area contributed by atoms with E-state index in [4.69, 9.17) is 35.4 Å². The van der Waals surface area contributed by atoms with Gasteiger partial charge in [0.15, 0.2) is 10.9 Å². The Hall–Kier alpha value is -2.94. The number of nitrogens with one attached hydrogen (secondary N) is 2. The highest BCUT2D eigenvalue weighted by atomic mass is 35.5. The summed E-state index contributed by atoms with van der Waals surface area (Å²) in [5.41, 5.74) is 4.49. The number of benzene rings is 2. The van der Waals surface area contributed by atoms with Gasteiger partial charge in [-0.15, -0.1) is 0 Å². The molecule has 0 aliphatic carbocycles. The first-order chi connectivity index (χ1) is 15.8. The minimum Gasteiger partial charge on any atom is -0.329 e. The summed E-state index contributed by atoms with van der Waals surface area (Å²) in [5.74, 6) is 0.192. The van der Waals surface area contributed by atoms with Crippen LogP contribution >= 0.6 is 35.4 Å². The second-order valence-electron chi connectivity index (χ2n) is 7.56. The zero-order valence-corrected chi connectivity index (χ0v) is 20.3. The van der Waals surface area contributed by atoms with Crippen LogP contribution in [0.2, 0.25) is 10.0 Å². The third-order valence-corrected chi connectivity index (χ3v) is 5.81. The Bertz CT molecular complexity index is 1280. The fourth-order valence-corrected chi connectivity index (χ4v) is 3.91. The number of thiocarbonyl (C=S) groups is 1. The third kappa shape index (κ3) is 5.71. The summed E-state index contributed by atoms with van der Waals surface area (Å²) in [7, 11) is 0. The maximum absolute atomic E-state index is 13.2. The Morgan fingerprint density at radius 1 is 0.939 bits per heavy atom. The van der Waals surface area contributed by atoms with Crippen LogP contribution in [0.5, 0.6) is 0 Å². The third-order valence-electron chi connectivity index (χ3n) is 5.07. The largest absolute Gasteiger partial charge is 0.329 e. The van der Waals surface area contributed by atoms with Gasteiger partial charge in [0.1, 0.15) is 10.8 Å². The lowest BCUT2D eigenvalue weighted by atomic mass is 10.2. The van der Waals surface area contributed by atoms with Gasteiger partial charge in [0.2, 0.25) is 0 Å². The normalized spacial score (nSPS) is 10.9. The summed E-state index contributed by atoms with van der Waals surface area (Å²) in [6.07, 6.45) is 1.73. The highest BCUT2D eigenvalue weighted by molar-refractivity contribution is 7.80. The fourth-order valence-electron chi connectivity index (χ4n) is 3.39. The van der Waals surface area contributed by atoms with Crippen LogP contribution < -0.4 is 10.6 Å². The predicted octanol–water partition coefficient (Wildman–Crippen LogP) is 6.05. The van der Waals surface area contributed by atoms with Crippen LogP contribution in [0.25, 0.3) is 0 Å². The van der Waals surface area contributed by atoms with Gasteiger partial charge in [0.25, 0.3) is 0 Å². The van der Waals surface area contributed by atoms with Crippen LogP contribution in [-0.2, 0) is 13.1 Å². The zero-order chi connectivity index (χ0) is 23.5. The Kier molecular flexibility index (Phi) is 6.97. The molecule has 0 amide bonds. The molecule has 10 heteroatoms. The van der Waals surface area contributed by atoms with Crippen molar-refractivity contribution in [2.45, 2.75) is 26.9 Å². The van der Waals surface area contributed by atoms with Gasteiger partial charge in [-0.2, -0.15) is 10.2 Å². The number of hydrogen-bond acceptors (Lipinski definition) is 3. The molecule has 4 aromatic rings. The number of hydrogen-bond donors (Lipinski definition) is 2. The summed E-state index contributed by atoms with van der Waals surface area (Å²) in [6.45, 7) is 4.91. The van der Waals surface area contributed by atoms with Crippen LogP contribution in [0, 0.1) is 19.7 Å². The van der Waals surface area contributed by atoms with Crippen molar-refractivity contribution in [1.82, 2.24) is 19.6 Å². The van der Waals surface area contributed by atoms with Gasteiger partial charge in [-0.05, 0) is 61.5 Å². The molecule has 6 nitrogen and oxygen atoms in total. The van der Waals surface area contributed by atoms with Gasteiger partial charge in [-0.25, -0.2) is 4.39 Å². The molecule has 2 heterocycles. The Morgan fingerprint density at radius 3 is 2.27 bits per heavy atom. The molecule has 0 spiro atoms. The second kappa shape index (κ2) is 9.91. The molecule has 0 aliphatic rings. The van der Waals surface area contributed by atoms with Gasteiger partial charge in [0, 0.05) is 11.2 Å². The van der Waals surface area contributed by atoms with Crippen molar-refractivity contribution < 1.29 is 4.39 Å². The summed E-state index contributed by atoms with van der Waals surface area (Å²) < 4.78 is 16.8. The average Bonchev–Trinajstić information content (AvgIpc) is 3.24. The van der Waals surface area contributed by atoms with Crippen LogP contribution in [0.4, 0.5) is 15.9 Å². The van der Waals surface area contributed by atoms with E-state index in [9.17, 15) is 4.39 Å². The predicted molar refractivity (Wildman–Crippen MR) is 135 cm³/mol. The van der Waals surface area contributed by atoms with Crippen molar-refractivity contribution in [2.75, 3.05) is 10.6 Å². The highest BCUT2D eigenvalue weighted by Gasteiger charge is 2.15. The van der Waals surface area contributed by atoms with Crippen LogP contribution in [0.1, 0.15) is 22.5 Å². The molecule has 0 saturated carbocycles. The van der Waals surface area contributed by atoms with Gasteiger partial charge in [-0.3, -0.25) is 9.36 Å². The van der Waals surface area contributed by atoms with E-state index in [1.807, 2.05) is 42.8 Å². The monoisotopic (exact) mass is 502 g/mol. The van der Waals surface area contributed by atoms with Crippen molar-refractivity contribution in [3.8, 4) is 0 Å². The Labute approximate surface area is 206 Å². The van der Waals surface area contributed by atoms with Crippen molar-refractivity contribution in [3.63, 3.8) is 0 Å². The van der Waals surface area contributed by atoms with E-state index < -0.39 is 0 Å². The van der Waals surface area contributed by atoms with Gasteiger partial charge in [-0.1, -0.05) is 47.5 Å². The first kappa shape index (κ1) is 23.2. The molecule has 0 unspecified atom stereocenters.